The highest BCUT2D eigenvalue weighted by atomic mass is 16.2. The van der Waals surface area contributed by atoms with Crippen molar-refractivity contribution in [3.8, 4) is 0 Å². The van der Waals surface area contributed by atoms with Gasteiger partial charge in [-0.2, -0.15) is 5.10 Å². The minimum absolute atomic E-state index is 0.232. The predicted molar refractivity (Wildman–Crippen MR) is 102 cm³/mol. The molecule has 6 nitrogen and oxygen atoms in total. The molecule has 1 aromatic heterocycles. The van der Waals surface area contributed by atoms with Gasteiger partial charge in [0.1, 0.15) is 6.54 Å². The Balaban J connectivity index is 1.22. The summed E-state index contributed by atoms with van der Waals surface area (Å²) in [6, 6.07) is 2.44. The van der Waals surface area contributed by atoms with Crippen LogP contribution in [0.3, 0.4) is 0 Å². The van der Waals surface area contributed by atoms with Crippen molar-refractivity contribution in [2.45, 2.75) is 58.2 Å². The van der Waals surface area contributed by atoms with Gasteiger partial charge in [0.25, 0.3) is 0 Å². The van der Waals surface area contributed by atoms with E-state index in [2.05, 4.69) is 40.6 Å². The first-order valence-corrected chi connectivity index (χ1v) is 10.2. The topological polar surface area (TPSA) is 44.6 Å². The lowest BCUT2D eigenvalue weighted by Crippen LogP contribution is -2.62. The molecule has 0 unspecified atom stereocenters. The van der Waals surface area contributed by atoms with Crippen LogP contribution < -0.4 is 0 Å². The van der Waals surface area contributed by atoms with Gasteiger partial charge < -0.3 is 4.90 Å². The third-order valence-electron chi connectivity index (χ3n) is 6.48. The van der Waals surface area contributed by atoms with E-state index in [1.807, 2.05) is 10.7 Å². The Morgan fingerprint density at radius 2 is 1.88 bits per heavy atom. The van der Waals surface area contributed by atoms with E-state index in [1.165, 1.54) is 38.2 Å². The average Bonchev–Trinajstić information content (AvgIpc) is 2.93. The molecule has 1 aromatic rings. The van der Waals surface area contributed by atoms with Crippen LogP contribution >= 0.6 is 0 Å². The summed E-state index contributed by atoms with van der Waals surface area (Å²) < 4.78 is 1.86. The molecule has 144 valence electrons. The Labute approximate surface area is 157 Å². The normalized spacial score (nSPS) is 24.4. The molecule has 0 spiro atoms. The molecule has 2 fully saturated rings. The highest BCUT2D eigenvalue weighted by Crippen LogP contribution is 2.27. The first kappa shape index (κ1) is 18.0. The Kier molecular flexibility index (Phi) is 4.82. The maximum Gasteiger partial charge on any atom is 0.244 e. The summed E-state index contributed by atoms with van der Waals surface area (Å²) in [5, 5.41) is 4.28. The fourth-order valence-electron chi connectivity index (χ4n) is 4.72. The van der Waals surface area contributed by atoms with Gasteiger partial charge in [-0.05, 0) is 58.7 Å². The molecule has 4 heterocycles. The molecule has 6 heteroatoms. The van der Waals surface area contributed by atoms with Crippen molar-refractivity contribution in [1.29, 1.82) is 0 Å². The van der Waals surface area contributed by atoms with Gasteiger partial charge in [-0.25, -0.2) is 0 Å². The summed E-state index contributed by atoms with van der Waals surface area (Å²) in [6.07, 6.45) is 5.34. The number of likely N-dealkylation sites (tertiary alicyclic amines) is 2. The van der Waals surface area contributed by atoms with Gasteiger partial charge in [0.05, 0.1) is 6.04 Å². The molecular weight excluding hydrogens is 326 g/mol. The van der Waals surface area contributed by atoms with Gasteiger partial charge in [-0.3, -0.25) is 19.3 Å². The fraction of sp³-hybridized carbons (Fsp3) is 0.800. The number of piperidine rings is 1. The zero-order chi connectivity index (χ0) is 18.3. The number of hydrogen-bond donors (Lipinski definition) is 0. The second-order valence-electron chi connectivity index (χ2n) is 9.29. The third kappa shape index (κ3) is 3.67. The van der Waals surface area contributed by atoms with Crippen molar-refractivity contribution < 1.29 is 4.79 Å². The van der Waals surface area contributed by atoms with Crippen LogP contribution in [-0.4, -0.2) is 81.2 Å². The van der Waals surface area contributed by atoms with Crippen molar-refractivity contribution in [1.82, 2.24) is 24.5 Å². The van der Waals surface area contributed by atoms with Gasteiger partial charge in [0.2, 0.25) is 5.91 Å². The minimum Gasteiger partial charge on any atom is -0.335 e. The smallest absolute Gasteiger partial charge is 0.244 e. The highest BCUT2D eigenvalue weighted by Gasteiger charge is 2.37. The van der Waals surface area contributed by atoms with E-state index in [4.69, 9.17) is 0 Å². The van der Waals surface area contributed by atoms with Gasteiger partial charge in [-0.15, -0.1) is 0 Å². The Morgan fingerprint density at radius 1 is 1.15 bits per heavy atom. The van der Waals surface area contributed by atoms with Crippen LogP contribution in [-0.2, 0) is 17.8 Å². The highest BCUT2D eigenvalue weighted by molar-refractivity contribution is 5.77. The Hall–Kier alpha value is -1.40. The molecule has 2 saturated heterocycles. The van der Waals surface area contributed by atoms with E-state index in [0.29, 0.717) is 18.1 Å². The molecule has 3 aliphatic rings. The number of rotatable bonds is 3. The molecule has 0 N–H and O–H groups in total. The van der Waals surface area contributed by atoms with Crippen LogP contribution in [0.25, 0.3) is 0 Å². The Morgan fingerprint density at radius 3 is 2.58 bits per heavy atom. The number of hydrogen-bond acceptors (Lipinski definition) is 4. The summed E-state index contributed by atoms with van der Waals surface area (Å²) in [5.41, 5.74) is 1.48. The lowest BCUT2D eigenvalue weighted by molar-refractivity contribution is -0.137. The fourth-order valence-corrected chi connectivity index (χ4v) is 4.72. The molecule has 0 aliphatic carbocycles. The molecule has 0 radical (unpaired) electrons. The molecule has 0 saturated carbocycles. The monoisotopic (exact) mass is 359 g/mol. The lowest BCUT2D eigenvalue weighted by Gasteiger charge is -2.48. The first-order valence-electron chi connectivity index (χ1n) is 10.2. The zero-order valence-electron chi connectivity index (χ0n) is 16.5. The molecule has 4 rings (SSSR count). The predicted octanol–water partition coefficient (Wildman–Crippen LogP) is 1.46. The number of aromatic nitrogens is 2. The van der Waals surface area contributed by atoms with Crippen LogP contribution in [0.2, 0.25) is 0 Å². The number of amides is 1. The molecule has 0 aromatic carbocycles. The Bertz CT molecular complexity index is 635. The van der Waals surface area contributed by atoms with Gasteiger partial charge in [0.15, 0.2) is 0 Å². The standard InChI is InChI=1S/C20H33N5O/c1-20(2,3)23-9-5-16(6-10-23)12-22-13-18(14-22)24-11-7-17-4-8-21-25(17)15-19(24)26/h4,8,16,18H,5-7,9-15H2,1-3H3. The molecule has 3 aliphatic heterocycles. The number of carbonyl (C=O) groups is 1. The summed E-state index contributed by atoms with van der Waals surface area (Å²) in [5.74, 6) is 1.05. The van der Waals surface area contributed by atoms with Crippen LogP contribution in [0.5, 0.6) is 0 Å². The molecular formula is C20H33N5O. The van der Waals surface area contributed by atoms with E-state index in [0.717, 1.165) is 32.0 Å². The molecule has 26 heavy (non-hydrogen) atoms. The van der Waals surface area contributed by atoms with Gasteiger partial charge in [0, 0.05) is 50.0 Å². The number of nitrogens with zero attached hydrogens (tertiary/aromatic N) is 5. The van der Waals surface area contributed by atoms with Crippen LogP contribution in [0.4, 0.5) is 0 Å². The summed E-state index contributed by atoms with van der Waals surface area (Å²) in [6.45, 7) is 14.0. The van der Waals surface area contributed by atoms with Crippen LogP contribution in [0.1, 0.15) is 39.3 Å². The molecule has 0 atom stereocenters. The third-order valence-corrected chi connectivity index (χ3v) is 6.48. The van der Waals surface area contributed by atoms with Crippen molar-refractivity contribution in [2.24, 2.45) is 5.92 Å². The number of carbonyl (C=O) groups excluding carboxylic acids is 1. The van der Waals surface area contributed by atoms with Crippen LogP contribution in [0.15, 0.2) is 12.3 Å². The maximum atomic E-state index is 12.6. The largest absolute Gasteiger partial charge is 0.335 e. The van der Waals surface area contributed by atoms with E-state index in [9.17, 15) is 4.79 Å². The summed E-state index contributed by atoms with van der Waals surface area (Å²) >= 11 is 0. The first-order chi connectivity index (χ1) is 12.4. The zero-order valence-corrected chi connectivity index (χ0v) is 16.5. The second kappa shape index (κ2) is 6.97. The summed E-state index contributed by atoms with van der Waals surface area (Å²) in [7, 11) is 0. The van der Waals surface area contributed by atoms with Crippen molar-refractivity contribution in [2.75, 3.05) is 39.3 Å². The van der Waals surface area contributed by atoms with Crippen molar-refractivity contribution >= 4 is 5.91 Å². The maximum absolute atomic E-state index is 12.6. The lowest BCUT2D eigenvalue weighted by atomic mass is 9.91. The molecule has 0 bridgehead atoms. The SMILES string of the molecule is CC(C)(C)N1CCC(CN2CC(N3CCc4ccnn4CC3=O)C2)CC1. The van der Waals surface area contributed by atoms with E-state index >= 15 is 0 Å². The molecule has 1 amide bonds. The van der Waals surface area contributed by atoms with Crippen LogP contribution in [0, 0.1) is 5.92 Å². The number of fused-ring (bicyclic) bond motifs is 1. The van der Waals surface area contributed by atoms with E-state index in [1.54, 1.807) is 6.20 Å². The quantitative estimate of drug-likeness (QED) is 0.820. The second-order valence-corrected chi connectivity index (χ2v) is 9.29. The van der Waals surface area contributed by atoms with Crippen molar-refractivity contribution in [3.05, 3.63) is 18.0 Å². The van der Waals surface area contributed by atoms with Crippen molar-refractivity contribution in [3.63, 3.8) is 0 Å². The summed E-state index contributed by atoms with van der Waals surface area (Å²) in [4.78, 5) is 19.8. The average molecular weight is 360 g/mol. The van der Waals surface area contributed by atoms with Gasteiger partial charge in [-0.1, -0.05) is 0 Å². The van der Waals surface area contributed by atoms with E-state index < -0.39 is 0 Å². The minimum atomic E-state index is 0.232. The van der Waals surface area contributed by atoms with E-state index in [-0.39, 0.29) is 5.91 Å². The van der Waals surface area contributed by atoms with Gasteiger partial charge >= 0.3 is 0 Å².